The van der Waals surface area contributed by atoms with Crippen molar-refractivity contribution in [1.29, 1.82) is 0 Å². The van der Waals surface area contributed by atoms with Crippen LogP contribution in [0.2, 0.25) is 0 Å². The number of rotatable bonds is 11. The molecule has 1 fully saturated rings. The average Bonchev–Trinajstić information content (AvgIpc) is 3.42. The lowest BCUT2D eigenvalue weighted by molar-refractivity contribution is -0.147. The molecule has 0 radical (unpaired) electrons. The van der Waals surface area contributed by atoms with Gasteiger partial charge in [-0.25, -0.2) is 4.79 Å². The van der Waals surface area contributed by atoms with Gasteiger partial charge in [0.05, 0.1) is 12.5 Å². The molecule has 8 nitrogen and oxygen atoms in total. The smallest absolute Gasteiger partial charge is 0.328 e. The number of likely N-dealkylation sites (tertiary alicyclic amines) is 1. The summed E-state index contributed by atoms with van der Waals surface area (Å²) < 4.78 is 5.96. The Hall–Kier alpha value is -2.95. The van der Waals surface area contributed by atoms with Crippen molar-refractivity contribution in [2.75, 3.05) is 13.7 Å². The predicted octanol–water partition coefficient (Wildman–Crippen LogP) is 4.35. The first-order valence-corrected chi connectivity index (χ1v) is 14.8. The molecule has 0 saturated carbocycles. The molecular formula is C31H40IN3O5. The second kappa shape index (κ2) is 14.1. The number of carbonyl (C=O) groups is 4. The van der Waals surface area contributed by atoms with Gasteiger partial charge in [-0.05, 0) is 97.9 Å². The van der Waals surface area contributed by atoms with Crippen LogP contribution in [0.5, 0.6) is 0 Å². The van der Waals surface area contributed by atoms with E-state index in [-0.39, 0.29) is 23.6 Å². The van der Waals surface area contributed by atoms with Gasteiger partial charge in [-0.2, -0.15) is 0 Å². The molecular weight excluding hydrogens is 621 g/mol. The maximum Gasteiger partial charge on any atom is 0.328 e. The fourth-order valence-electron chi connectivity index (χ4n) is 4.98. The van der Waals surface area contributed by atoms with Crippen LogP contribution in [0.25, 0.3) is 0 Å². The third-order valence-electron chi connectivity index (χ3n) is 7.46. The largest absolute Gasteiger partial charge is 0.467 e. The summed E-state index contributed by atoms with van der Waals surface area (Å²) in [4.78, 5) is 54.7. The minimum atomic E-state index is -1.09. The third-order valence-corrected chi connectivity index (χ3v) is 8.18. The Bertz CT molecular complexity index is 1180. The topological polar surface area (TPSA) is 105 Å². The van der Waals surface area contributed by atoms with E-state index in [0.717, 1.165) is 15.6 Å². The van der Waals surface area contributed by atoms with Gasteiger partial charge in [-0.1, -0.05) is 44.2 Å². The van der Waals surface area contributed by atoms with Gasteiger partial charge in [0.2, 0.25) is 11.8 Å². The number of methoxy groups -OCH3 is 1. The first kappa shape index (κ1) is 31.6. The SMILES string of the molecule is COC(=O)[C@H](CC(C)C)NC(=O)C(C)(C)[C@@H](Cc1ccccc1)NC(=O)[C@@H]1CCCN1C(=O)c1ccc(I)cc1. The highest BCUT2D eigenvalue weighted by molar-refractivity contribution is 14.1. The number of amides is 3. The fraction of sp³-hybridized carbons (Fsp3) is 0.484. The van der Waals surface area contributed by atoms with Gasteiger partial charge in [-0.3, -0.25) is 14.4 Å². The van der Waals surface area contributed by atoms with Gasteiger partial charge in [0.1, 0.15) is 12.1 Å². The molecule has 9 heteroatoms. The van der Waals surface area contributed by atoms with Crippen molar-refractivity contribution < 1.29 is 23.9 Å². The van der Waals surface area contributed by atoms with Gasteiger partial charge < -0.3 is 20.3 Å². The number of esters is 1. The summed E-state index contributed by atoms with van der Waals surface area (Å²) in [7, 11) is 1.30. The molecule has 1 aliphatic heterocycles. The van der Waals surface area contributed by atoms with Crippen molar-refractivity contribution in [2.45, 2.75) is 71.5 Å². The Labute approximate surface area is 250 Å². The molecule has 0 bridgehead atoms. The Kier molecular flexibility index (Phi) is 11.1. The molecule has 0 aromatic heterocycles. The second-order valence-electron chi connectivity index (χ2n) is 11.3. The second-order valence-corrected chi connectivity index (χ2v) is 12.6. The lowest BCUT2D eigenvalue weighted by atomic mass is 9.79. The van der Waals surface area contributed by atoms with Crippen molar-refractivity contribution >= 4 is 46.3 Å². The molecule has 1 aliphatic rings. The lowest BCUT2D eigenvalue weighted by Crippen LogP contribution is -2.58. The van der Waals surface area contributed by atoms with E-state index >= 15 is 0 Å². The number of hydrogen-bond donors (Lipinski definition) is 2. The number of halogens is 1. The van der Waals surface area contributed by atoms with E-state index in [1.807, 2.05) is 56.3 Å². The van der Waals surface area contributed by atoms with Crippen LogP contribution < -0.4 is 10.6 Å². The van der Waals surface area contributed by atoms with Crippen molar-refractivity contribution in [3.8, 4) is 0 Å². The summed E-state index contributed by atoms with van der Waals surface area (Å²) in [5.41, 5.74) is 0.413. The van der Waals surface area contributed by atoms with E-state index in [1.54, 1.807) is 30.9 Å². The van der Waals surface area contributed by atoms with Crippen molar-refractivity contribution in [3.63, 3.8) is 0 Å². The highest BCUT2D eigenvalue weighted by Gasteiger charge is 2.42. The van der Waals surface area contributed by atoms with Gasteiger partial charge in [0.15, 0.2) is 0 Å². The van der Waals surface area contributed by atoms with Crippen LogP contribution in [0.3, 0.4) is 0 Å². The highest BCUT2D eigenvalue weighted by atomic mass is 127. The predicted molar refractivity (Wildman–Crippen MR) is 162 cm³/mol. The number of nitrogens with one attached hydrogen (secondary N) is 2. The van der Waals surface area contributed by atoms with Crippen LogP contribution in [-0.2, 0) is 25.5 Å². The summed E-state index contributed by atoms with van der Waals surface area (Å²) in [5, 5.41) is 5.99. The van der Waals surface area contributed by atoms with Crippen LogP contribution in [0, 0.1) is 14.9 Å². The minimum absolute atomic E-state index is 0.159. The quantitative estimate of drug-likeness (QED) is 0.275. The zero-order valence-electron chi connectivity index (χ0n) is 23.9. The highest BCUT2D eigenvalue weighted by Crippen LogP contribution is 2.27. The zero-order valence-corrected chi connectivity index (χ0v) is 26.1. The number of ether oxygens (including phenoxy) is 1. The monoisotopic (exact) mass is 661 g/mol. The van der Waals surface area contributed by atoms with Crippen molar-refractivity contribution in [3.05, 3.63) is 69.3 Å². The Morgan fingerprint density at radius 1 is 1.02 bits per heavy atom. The maximum atomic E-state index is 13.7. The standard InChI is InChI=1S/C31H40IN3O5/c1-20(2)18-24(29(38)40-5)33-30(39)31(3,4)26(19-21-10-7-6-8-11-21)34-27(36)25-12-9-17-35(25)28(37)22-13-15-23(32)16-14-22/h6-8,10-11,13-16,20,24-26H,9,12,17-19H2,1-5H3,(H,33,39)(H,34,36)/t24-,25-,26+/m0/s1. The van der Waals surface area contributed by atoms with E-state index in [1.165, 1.54) is 7.11 Å². The molecule has 2 N–H and O–H groups in total. The lowest BCUT2D eigenvalue weighted by Gasteiger charge is -2.36. The molecule has 40 heavy (non-hydrogen) atoms. The Morgan fingerprint density at radius 3 is 2.27 bits per heavy atom. The molecule has 1 heterocycles. The molecule has 0 aliphatic carbocycles. The molecule has 2 aromatic carbocycles. The fourth-order valence-corrected chi connectivity index (χ4v) is 5.33. The first-order valence-electron chi connectivity index (χ1n) is 13.7. The van der Waals surface area contributed by atoms with E-state index in [2.05, 4.69) is 33.2 Å². The third kappa shape index (κ3) is 8.05. The number of hydrogen-bond acceptors (Lipinski definition) is 5. The number of carbonyl (C=O) groups excluding carboxylic acids is 4. The van der Waals surface area contributed by atoms with Gasteiger partial charge >= 0.3 is 5.97 Å². The average molecular weight is 662 g/mol. The number of nitrogens with zero attached hydrogens (tertiary/aromatic N) is 1. The van der Waals surface area contributed by atoms with Crippen LogP contribution in [0.1, 0.15) is 62.9 Å². The Balaban J connectivity index is 1.84. The van der Waals surface area contributed by atoms with Crippen molar-refractivity contribution in [2.24, 2.45) is 11.3 Å². The molecule has 3 rings (SSSR count). The Morgan fingerprint density at radius 2 is 1.68 bits per heavy atom. The van der Waals surface area contributed by atoms with Crippen LogP contribution >= 0.6 is 22.6 Å². The normalized spacial score (nSPS) is 16.8. The molecule has 0 spiro atoms. The summed E-state index contributed by atoms with van der Waals surface area (Å²) in [6, 6.07) is 14.9. The van der Waals surface area contributed by atoms with Crippen LogP contribution in [0.15, 0.2) is 54.6 Å². The molecule has 3 amide bonds. The summed E-state index contributed by atoms with van der Waals surface area (Å²) in [6.45, 7) is 7.96. The van der Waals surface area contributed by atoms with E-state index < -0.39 is 29.5 Å². The van der Waals surface area contributed by atoms with Gasteiger partial charge in [0, 0.05) is 21.7 Å². The minimum Gasteiger partial charge on any atom is -0.467 e. The van der Waals surface area contributed by atoms with E-state index in [0.29, 0.717) is 31.4 Å². The molecule has 0 unspecified atom stereocenters. The van der Waals surface area contributed by atoms with Gasteiger partial charge in [0.25, 0.3) is 5.91 Å². The zero-order chi connectivity index (χ0) is 29.4. The van der Waals surface area contributed by atoms with E-state index in [4.69, 9.17) is 4.74 Å². The van der Waals surface area contributed by atoms with Crippen LogP contribution in [0.4, 0.5) is 0 Å². The van der Waals surface area contributed by atoms with Gasteiger partial charge in [-0.15, -0.1) is 0 Å². The first-order chi connectivity index (χ1) is 18.9. The summed E-state index contributed by atoms with van der Waals surface area (Å²) in [5.74, 6) is -1.17. The van der Waals surface area contributed by atoms with Crippen molar-refractivity contribution in [1.82, 2.24) is 15.5 Å². The molecule has 216 valence electrons. The molecule has 3 atom stereocenters. The summed E-state index contributed by atoms with van der Waals surface area (Å²) in [6.07, 6.45) is 2.10. The van der Waals surface area contributed by atoms with Crippen LogP contribution in [-0.4, -0.2) is 60.4 Å². The molecule has 1 saturated heterocycles. The van der Waals surface area contributed by atoms with E-state index in [9.17, 15) is 19.2 Å². The maximum absolute atomic E-state index is 13.7. The number of benzene rings is 2. The summed E-state index contributed by atoms with van der Waals surface area (Å²) >= 11 is 2.19. The molecule has 2 aromatic rings.